The summed E-state index contributed by atoms with van der Waals surface area (Å²) >= 11 is 1.72. The van der Waals surface area contributed by atoms with Crippen molar-refractivity contribution in [2.75, 3.05) is 11.1 Å². The summed E-state index contributed by atoms with van der Waals surface area (Å²) in [6.45, 7) is 0. The number of fused-ring (bicyclic) bond motifs is 1. The van der Waals surface area contributed by atoms with Crippen LogP contribution in [0.4, 0.5) is 17.6 Å². The van der Waals surface area contributed by atoms with Crippen molar-refractivity contribution in [3.05, 3.63) is 78.2 Å². The third-order valence-electron chi connectivity index (χ3n) is 3.93. The second-order valence-corrected chi connectivity index (χ2v) is 6.90. The van der Waals surface area contributed by atoms with Crippen molar-refractivity contribution in [1.82, 2.24) is 19.9 Å². The van der Waals surface area contributed by atoms with E-state index >= 15 is 0 Å². The van der Waals surface area contributed by atoms with Crippen molar-refractivity contribution < 1.29 is 0 Å². The maximum Gasteiger partial charge on any atom is 0.232 e. The Labute approximate surface area is 161 Å². The summed E-state index contributed by atoms with van der Waals surface area (Å²) < 4.78 is 0. The SMILES string of the molecule is Nc1nc(CSCc2cccc3cccnc23)nc(Nc2ccccc2)n1. The summed E-state index contributed by atoms with van der Waals surface area (Å²) in [5.74, 6) is 2.78. The number of hydrogen-bond donors (Lipinski definition) is 2. The third kappa shape index (κ3) is 4.32. The highest BCUT2D eigenvalue weighted by Crippen LogP contribution is 2.23. The van der Waals surface area contributed by atoms with Crippen LogP contribution < -0.4 is 11.1 Å². The Balaban J connectivity index is 1.45. The Hall–Kier alpha value is -3.19. The lowest BCUT2D eigenvalue weighted by Gasteiger charge is -2.08. The van der Waals surface area contributed by atoms with Gasteiger partial charge in [-0.05, 0) is 23.8 Å². The molecule has 0 aliphatic heterocycles. The Morgan fingerprint density at radius 1 is 0.852 bits per heavy atom. The Morgan fingerprint density at radius 2 is 1.70 bits per heavy atom. The van der Waals surface area contributed by atoms with E-state index in [0.29, 0.717) is 17.5 Å². The maximum atomic E-state index is 5.85. The summed E-state index contributed by atoms with van der Waals surface area (Å²) in [6, 6.07) is 20.0. The van der Waals surface area contributed by atoms with Gasteiger partial charge in [0.05, 0.1) is 11.3 Å². The molecule has 0 fully saturated rings. The van der Waals surface area contributed by atoms with Gasteiger partial charge >= 0.3 is 0 Å². The number of pyridine rings is 1. The van der Waals surface area contributed by atoms with E-state index in [1.165, 1.54) is 5.56 Å². The average molecular weight is 374 g/mol. The topological polar surface area (TPSA) is 89.6 Å². The molecule has 4 rings (SSSR count). The first kappa shape index (κ1) is 17.2. The normalized spacial score (nSPS) is 10.8. The number of para-hydroxylation sites is 2. The molecule has 0 saturated carbocycles. The maximum absolute atomic E-state index is 5.85. The second-order valence-electron chi connectivity index (χ2n) is 5.91. The number of nitrogen functional groups attached to an aromatic ring is 1. The number of nitrogens with two attached hydrogens (primary N) is 1. The zero-order chi connectivity index (χ0) is 18.5. The van der Waals surface area contributed by atoms with E-state index in [9.17, 15) is 0 Å². The third-order valence-corrected chi connectivity index (χ3v) is 4.91. The largest absolute Gasteiger partial charge is 0.368 e. The second kappa shape index (κ2) is 8.01. The quantitative estimate of drug-likeness (QED) is 0.523. The molecule has 2 aromatic carbocycles. The molecular formula is C20H18N6S. The molecule has 0 aliphatic rings. The van der Waals surface area contributed by atoms with Gasteiger partial charge in [0, 0.05) is 23.0 Å². The molecule has 2 heterocycles. The van der Waals surface area contributed by atoms with Gasteiger partial charge in [-0.3, -0.25) is 4.98 Å². The van der Waals surface area contributed by atoms with Gasteiger partial charge in [0.15, 0.2) is 0 Å². The van der Waals surface area contributed by atoms with Gasteiger partial charge < -0.3 is 11.1 Å². The van der Waals surface area contributed by atoms with Crippen LogP contribution in [0.3, 0.4) is 0 Å². The van der Waals surface area contributed by atoms with E-state index in [2.05, 4.69) is 49.5 Å². The van der Waals surface area contributed by atoms with Crippen molar-refractivity contribution >= 4 is 40.2 Å². The smallest absolute Gasteiger partial charge is 0.232 e. The lowest BCUT2D eigenvalue weighted by atomic mass is 10.1. The summed E-state index contributed by atoms with van der Waals surface area (Å²) in [7, 11) is 0. The van der Waals surface area contributed by atoms with Crippen LogP contribution in [0.15, 0.2) is 66.9 Å². The monoisotopic (exact) mass is 374 g/mol. The van der Waals surface area contributed by atoms with E-state index in [-0.39, 0.29) is 5.95 Å². The number of nitrogens with one attached hydrogen (secondary N) is 1. The van der Waals surface area contributed by atoms with Crippen LogP contribution in [-0.4, -0.2) is 19.9 Å². The van der Waals surface area contributed by atoms with E-state index < -0.39 is 0 Å². The van der Waals surface area contributed by atoms with Gasteiger partial charge in [0.25, 0.3) is 0 Å². The molecule has 134 valence electrons. The van der Waals surface area contributed by atoms with E-state index in [4.69, 9.17) is 5.73 Å². The van der Waals surface area contributed by atoms with Gasteiger partial charge in [-0.2, -0.15) is 15.0 Å². The van der Waals surface area contributed by atoms with Gasteiger partial charge in [-0.1, -0.05) is 42.5 Å². The van der Waals surface area contributed by atoms with Gasteiger partial charge in [-0.25, -0.2) is 0 Å². The lowest BCUT2D eigenvalue weighted by Crippen LogP contribution is -2.06. The summed E-state index contributed by atoms with van der Waals surface area (Å²) in [4.78, 5) is 17.4. The fourth-order valence-electron chi connectivity index (χ4n) is 2.75. The number of rotatable bonds is 6. The van der Waals surface area contributed by atoms with Crippen LogP contribution in [-0.2, 0) is 11.5 Å². The fourth-order valence-corrected chi connectivity index (χ4v) is 3.61. The number of hydrogen-bond acceptors (Lipinski definition) is 7. The first-order valence-corrected chi connectivity index (χ1v) is 9.66. The zero-order valence-corrected chi connectivity index (χ0v) is 15.4. The van der Waals surface area contributed by atoms with Gasteiger partial charge in [-0.15, -0.1) is 11.8 Å². The van der Waals surface area contributed by atoms with E-state index in [1.807, 2.05) is 42.6 Å². The van der Waals surface area contributed by atoms with Crippen molar-refractivity contribution in [3.63, 3.8) is 0 Å². The van der Waals surface area contributed by atoms with Crippen molar-refractivity contribution in [1.29, 1.82) is 0 Å². The molecule has 0 amide bonds. The summed E-state index contributed by atoms with van der Waals surface area (Å²) in [5, 5.41) is 4.30. The Kier molecular flexibility index (Phi) is 5.11. The highest BCUT2D eigenvalue weighted by atomic mass is 32.2. The van der Waals surface area contributed by atoms with Crippen LogP contribution >= 0.6 is 11.8 Å². The fraction of sp³-hybridized carbons (Fsp3) is 0.100. The van der Waals surface area contributed by atoms with Crippen LogP contribution in [0, 0.1) is 0 Å². The number of benzene rings is 2. The van der Waals surface area contributed by atoms with Gasteiger partial charge in [0.1, 0.15) is 5.82 Å². The van der Waals surface area contributed by atoms with Crippen LogP contribution in [0.5, 0.6) is 0 Å². The molecule has 0 aliphatic carbocycles. The molecule has 0 spiro atoms. The Bertz CT molecular complexity index is 1050. The molecule has 0 unspecified atom stereocenters. The van der Waals surface area contributed by atoms with Crippen LogP contribution in [0.25, 0.3) is 10.9 Å². The number of nitrogens with zero attached hydrogens (tertiary/aromatic N) is 4. The molecule has 3 N–H and O–H groups in total. The molecule has 0 saturated heterocycles. The minimum absolute atomic E-state index is 0.214. The molecule has 27 heavy (non-hydrogen) atoms. The highest BCUT2D eigenvalue weighted by molar-refractivity contribution is 7.97. The zero-order valence-electron chi connectivity index (χ0n) is 14.5. The Morgan fingerprint density at radius 3 is 2.59 bits per heavy atom. The molecule has 0 bridgehead atoms. The van der Waals surface area contributed by atoms with Crippen LogP contribution in [0.1, 0.15) is 11.4 Å². The molecule has 2 aromatic heterocycles. The van der Waals surface area contributed by atoms with Gasteiger partial charge in [0.2, 0.25) is 11.9 Å². The van der Waals surface area contributed by atoms with E-state index in [1.54, 1.807) is 11.8 Å². The number of anilines is 3. The van der Waals surface area contributed by atoms with Crippen LogP contribution in [0.2, 0.25) is 0 Å². The van der Waals surface area contributed by atoms with Crippen molar-refractivity contribution in [2.24, 2.45) is 0 Å². The molecular weight excluding hydrogens is 356 g/mol. The predicted octanol–water partition coefficient (Wildman–Crippen LogP) is 4.18. The van der Waals surface area contributed by atoms with E-state index in [0.717, 1.165) is 22.3 Å². The molecule has 4 aromatic rings. The van der Waals surface area contributed by atoms with Crippen molar-refractivity contribution in [3.8, 4) is 0 Å². The summed E-state index contributed by atoms with van der Waals surface area (Å²) in [6.07, 6.45) is 1.82. The number of aromatic nitrogens is 4. The van der Waals surface area contributed by atoms with Crippen molar-refractivity contribution in [2.45, 2.75) is 11.5 Å². The molecule has 7 heteroatoms. The molecule has 0 atom stereocenters. The standard InChI is InChI=1S/C20H18N6S/c21-19-24-17(25-20(26-19)23-16-9-2-1-3-10-16)13-27-12-15-7-4-6-14-8-5-11-22-18(14)15/h1-11H,12-13H2,(H3,21,23,24,25,26). The average Bonchev–Trinajstić information content (AvgIpc) is 2.68. The minimum Gasteiger partial charge on any atom is -0.368 e. The number of thioether (sulfide) groups is 1. The first-order valence-electron chi connectivity index (χ1n) is 8.51. The highest BCUT2D eigenvalue weighted by Gasteiger charge is 2.07. The minimum atomic E-state index is 0.214. The molecule has 0 radical (unpaired) electrons. The summed E-state index contributed by atoms with van der Waals surface area (Å²) in [5.41, 5.74) is 8.99. The predicted molar refractivity (Wildman–Crippen MR) is 111 cm³/mol. The lowest BCUT2D eigenvalue weighted by molar-refractivity contribution is 0.982. The molecule has 6 nitrogen and oxygen atoms in total. The first-order chi connectivity index (χ1) is 13.3.